The normalized spacial score (nSPS) is 20.9. The fourth-order valence-corrected chi connectivity index (χ4v) is 2.09. The molecule has 3 heteroatoms. The lowest BCUT2D eigenvalue weighted by Gasteiger charge is -2.03. The molecule has 0 radical (unpaired) electrons. The van der Waals surface area contributed by atoms with E-state index in [0.717, 1.165) is 25.2 Å². The monoisotopic (exact) mass is 260 g/mol. The molecule has 1 fully saturated rings. The largest absolute Gasteiger partial charge is 0.450 e. The number of hydrogen-bond acceptors (Lipinski definition) is 3. The van der Waals surface area contributed by atoms with Gasteiger partial charge in [-0.2, -0.15) is 0 Å². The fourth-order valence-electron chi connectivity index (χ4n) is 2.09. The van der Waals surface area contributed by atoms with Crippen molar-refractivity contribution in [2.75, 3.05) is 13.2 Å². The van der Waals surface area contributed by atoms with Crippen LogP contribution in [0.15, 0.2) is 36.4 Å². The first-order valence-corrected chi connectivity index (χ1v) is 6.87. The van der Waals surface area contributed by atoms with Crippen molar-refractivity contribution in [2.24, 2.45) is 0 Å². The minimum atomic E-state index is -0.216. The molecule has 2 aliphatic rings. The van der Waals surface area contributed by atoms with E-state index in [1.165, 1.54) is 12.8 Å². The van der Waals surface area contributed by atoms with E-state index in [-0.39, 0.29) is 12.1 Å². The van der Waals surface area contributed by atoms with Gasteiger partial charge in [-0.05, 0) is 31.4 Å². The minimum absolute atomic E-state index is 0.182. The average molecular weight is 260 g/mol. The van der Waals surface area contributed by atoms with Gasteiger partial charge in [0.2, 0.25) is 0 Å². The first-order chi connectivity index (χ1) is 9.33. The summed E-state index contributed by atoms with van der Waals surface area (Å²) in [5, 5.41) is 0. The molecular formula is C16H20O3. The molecule has 1 unspecified atom stereocenters. The van der Waals surface area contributed by atoms with Crippen molar-refractivity contribution in [2.45, 2.75) is 32.3 Å². The van der Waals surface area contributed by atoms with E-state index in [2.05, 4.69) is 6.92 Å². The number of esters is 1. The van der Waals surface area contributed by atoms with Crippen LogP contribution in [0.25, 0.3) is 0 Å². The van der Waals surface area contributed by atoms with Crippen LogP contribution in [-0.4, -0.2) is 19.2 Å². The van der Waals surface area contributed by atoms with Gasteiger partial charge in [-0.15, -0.1) is 0 Å². The zero-order valence-corrected chi connectivity index (χ0v) is 11.3. The Morgan fingerprint density at radius 2 is 2.00 bits per heavy atom. The van der Waals surface area contributed by atoms with Crippen molar-refractivity contribution >= 4 is 5.97 Å². The van der Waals surface area contributed by atoms with Crippen LogP contribution in [0.2, 0.25) is 0 Å². The van der Waals surface area contributed by atoms with Crippen molar-refractivity contribution in [1.82, 2.24) is 0 Å². The predicted molar refractivity (Wildman–Crippen MR) is 74.1 cm³/mol. The molecule has 0 amide bonds. The third kappa shape index (κ3) is 3.67. The number of benzene rings is 1. The van der Waals surface area contributed by atoms with Crippen molar-refractivity contribution in [3.63, 3.8) is 0 Å². The Hall–Kier alpha value is -1.61. The second kappa shape index (κ2) is 7.10. The van der Waals surface area contributed by atoms with E-state index in [1.54, 1.807) is 6.07 Å². The van der Waals surface area contributed by atoms with Crippen molar-refractivity contribution < 1.29 is 14.3 Å². The third-order valence-corrected chi connectivity index (χ3v) is 3.10. The van der Waals surface area contributed by atoms with Crippen LogP contribution < -0.4 is 0 Å². The lowest BCUT2D eigenvalue weighted by atomic mass is 10.1. The van der Waals surface area contributed by atoms with Crippen LogP contribution in [0.5, 0.6) is 0 Å². The van der Waals surface area contributed by atoms with Gasteiger partial charge in [-0.3, -0.25) is 0 Å². The fraction of sp³-hybridized carbons (Fsp3) is 0.438. The van der Waals surface area contributed by atoms with Crippen LogP contribution in [0.4, 0.5) is 0 Å². The number of hydrogen-bond donors (Lipinski definition) is 0. The Labute approximate surface area is 114 Å². The first kappa shape index (κ1) is 13.8. The maximum Gasteiger partial charge on any atom is 0.339 e. The molecule has 3 nitrogen and oxygen atoms in total. The summed E-state index contributed by atoms with van der Waals surface area (Å²) in [6.07, 6.45) is 7.28. The van der Waals surface area contributed by atoms with E-state index in [0.29, 0.717) is 5.56 Å². The van der Waals surface area contributed by atoms with Gasteiger partial charge in [-0.25, -0.2) is 4.79 Å². The van der Waals surface area contributed by atoms with Crippen molar-refractivity contribution in [1.29, 1.82) is 0 Å². The molecule has 0 N–H and O–H groups in total. The zero-order valence-electron chi connectivity index (χ0n) is 11.3. The third-order valence-electron chi connectivity index (χ3n) is 3.10. The summed E-state index contributed by atoms with van der Waals surface area (Å²) in [5.74, 6) is -0.216. The molecule has 1 atom stereocenters. The van der Waals surface area contributed by atoms with E-state index in [9.17, 15) is 4.79 Å². The molecule has 102 valence electrons. The van der Waals surface area contributed by atoms with Gasteiger partial charge in [0.25, 0.3) is 0 Å². The van der Waals surface area contributed by atoms with Gasteiger partial charge in [0, 0.05) is 18.8 Å². The Morgan fingerprint density at radius 1 is 1.26 bits per heavy atom. The molecule has 0 bridgehead atoms. The van der Waals surface area contributed by atoms with Gasteiger partial charge >= 0.3 is 5.97 Å². The van der Waals surface area contributed by atoms with Crippen LogP contribution in [-0.2, 0) is 9.47 Å². The van der Waals surface area contributed by atoms with Crippen LogP contribution >= 0.6 is 0 Å². The summed E-state index contributed by atoms with van der Waals surface area (Å²) in [5.41, 5.74) is 1.67. The maximum atomic E-state index is 11.4. The van der Waals surface area contributed by atoms with Crippen molar-refractivity contribution in [3.05, 3.63) is 47.5 Å². The molecule has 0 saturated carbocycles. The van der Waals surface area contributed by atoms with Gasteiger partial charge in [0.15, 0.2) is 0 Å². The summed E-state index contributed by atoms with van der Waals surface area (Å²) < 4.78 is 10.2. The molecular weight excluding hydrogens is 240 g/mol. The number of carbonyl (C=O) groups excluding carboxylic acids is 1. The lowest BCUT2D eigenvalue weighted by Crippen LogP contribution is -1.95. The molecule has 3 rings (SSSR count). The number of allylic oxidation sites excluding steroid dienone is 1. The summed E-state index contributed by atoms with van der Waals surface area (Å²) in [6, 6.07) is 7.52. The van der Waals surface area contributed by atoms with E-state index >= 15 is 0 Å². The molecule has 0 spiro atoms. The molecule has 1 saturated heterocycles. The second-order valence-corrected chi connectivity index (χ2v) is 4.57. The highest BCUT2D eigenvalue weighted by atomic mass is 16.5. The summed E-state index contributed by atoms with van der Waals surface area (Å²) in [4.78, 5) is 11.4. The van der Waals surface area contributed by atoms with Gasteiger partial charge in [-0.1, -0.05) is 31.2 Å². The van der Waals surface area contributed by atoms with Crippen molar-refractivity contribution in [3.8, 4) is 0 Å². The summed E-state index contributed by atoms with van der Waals surface area (Å²) >= 11 is 0. The predicted octanol–water partition coefficient (Wildman–Crippen LogP) is 3.66. The van der Waals surface area contributed by atoms with E-state index in [4.69, 9.17) is 9.47 Å². The minimum Gasteiger partial charge on any atom is -0.450 e. The van der Waals surface area contributed by atoms with Crippen LogP contribution in [0.1, 0.15) is 48.2 Å². The average Bonchev–Trinajstić information content (AvgIpc) is 3.10. The number of carbonyl (C=O) groups is 1. The molecule has 0 aliphatic carbocycles. The van der Waals surface area contributed by atoms with Gasteiger partial charge < -0.3 is 9.47 Å². The maximum absolute atomic E-state index is 11.4. The Kier molecular flexibility index (Phi) is 5.16. The van der Waals surface area contributed by atoms with E-state index < -0.39 is 0 Å². The quantitative estimate of drug-likeness (QED) is 0.601. The molecule has 2 heterocycles. The van der Waals surface area contributed by atoms with Crippen LogP contribution in [0, 0.1) is 0 Å². The molecule has 1 aromatic carbocycles. The molecule has 19 heavy (non-hydrogen) atoms. The topological polar surface area (TPSA) is 35.5 Å². The van der Waals surface area contributed by atoms with Gasteiger partial charge in [0.1, 0.15) is 6.10 Å². The molecule has 2 aliphatic heterocycles. The van der Waals surface area contributed by atoms with Crippen LogP contribution in [0.3, 0.4) is 0 Å². The number of rotatable bonds is 2. The highest BCUT2D eigenvalue weighted by molar-refractivity contribution is 5.94. The number of fused-ring (bicyclic) bond motifs is 1. The Balaban J connectivity index is 0.000000224. The highest BCUT2D eigenvalue weighted by Crippen LogP contribution is 2.31. The summed E-state index contributed by atoms with van der Waals surface area (Å²) in [6.45, 7) is 4.05. The smallest absolute Gasteiger partial charge is 0.339 e. The first-order valence-electron chi connectivity index (χ1n) is 6.87. The standard InChI is InChI=1S/C12H12O2.C4H8O/c1-2-3-8-11-9-6-4-5-7-10(9)12(13)14-11;1-2-4-5-3-1/h3-8,11H,2H2,1H3;1-4H2. The summed E-state index contributed by atoms with van der Waals surface area (Å²) in [7, 11) is 0. The highest BCUT2D eigenvalue weighted by Gasteiger charge is 2.28. The molecule has 0 aromatic heterocycles. The number of cyclic esters (lactones) is 1. The molecule has 1 aromatic rings. The second-order valence-electron chi connectivity index (χ2n) is 4.57. The number of ether oxygens (including phenoxy) is 2. The Bertz CT molecular complexity index is 439. The SMILES string of the molecule is C1CCOC1.CCC=CC1OC(=O)c2ccccc21. The lowest BCUT2D eigenvalue weighted by molar-refractivity contribution is 0.0467. The van der Waals surface area contributed by atoms with E-state index in [1.807, 2.05) is 30.4 Å². The van der Waals surface area contributed by atoms with Gasteiger partial charge in [0.05, 0.1) is 5.56 Å². The Morgan fingerprint density at radius 3 is 2.63 bits per heavy atom. The zero-order chi connectivity index (χ0) is 13.5.